The van der Waals surface area contributed by atoms with Gasteiger partial charge in [-0.2, -0.15) is 0 Å². The molecule has 82 valence electrons. The minimum atomic E-state index is 0.801. The van der Waals surface area contributed by atoms with Crippen molar-refractivity contribution in [2.45, 2.75) is 27.2 Å². The van der Waals surface area contributed by atoms with Crippen LogP contribution in [0.1, 0.15) is 31.4 Å². The molecule has 0 atom stereocenters. The molecular weight excluding hydrogens is 184 g/mol. The standard InChI is InChI=1S/C14H20O/c1-11(9-10-15-4)13(3)14-8-6-5-7-12(14)2/h5-8H,9-10H2,1-4H3. The minimum Gasteiger partial charge on any atom is -0.384 e. The van der Waals surface area contributed by atoms with Crippen LogP contribution in [0.15, 0.2) is 29.8 Å². The number of aryl methyl sites for hydroxylation is 1. The van der Waals surface area contributed by atoms with Crippen LogP contribution in [-0.2, 0) is 4.74 Å². The summed E-state index contributed by atoms with van der Waals surface area (Å²) in [6.07, 6.45) is 1.01. The summed E-state index contributed by atoms with van der Waals surface area (Å²) in [4.78, 5) is 0. The Labute approximate surface area is 92.8 Å². The van der Waals surface area contributed by atoms with Gasteiger partial charge < -0.3 is 4.74 Å². The van der Waals surface area contributed by atoms with E-state index in [0.29, 0.717) is 0 Å². The van der Waals surface area contributed by atoms with E-state index in [9.17, 15) is 0 Å². The van der Waals surface area contributed by atoms with Gasteiger partial charge in [0.25, 0.3) is 0 Å². The van der Waals surface area contributed by atoms with Crippen molar-refractivity contribution in [2.24, 2.45) is 0 Å². The first kappa shape index (κ1) is 12.0. The summed E-state index contributed by atoms with van der Waals surface area (Å²) in [6.45, 7) is 7.33. The van der Waals surface area contributed by atoms with Gasteiger partial charge in [0.2, 0.25) is 0 Å². The number of methoxy groups -OCH3 is 1. The highest BCUT2D eigenvalue weighted by Crippen LogP contribution is 2.22. The first-order chi connectivity index (χ1) is 7.16. The van der Waals surface area contributed by atoms with Crippen LogP contribution in [0.25, 0.3) is 5.57 Å². The Balaban J connectivity index is 2.92. The Hall–Kier alpha value is -1.08. The third kappa shape index (κ3) is 3.21. The molecule has 0 fully saturated rings. The van der Waals surface area contributed by atoms with Crippen LogP contribution in [0.3, 0.4) is 0 Å². The molecule has 0 spiro atoms. The van der Waals surface area contributed by atoms with Crippen LogP contribution in [-0.4, -0.2) is 13.7 Å². The van der Waals surface area contributed by atoms with Crippen molar-refractivity contribution in [3.8, 4) is 0 Å². The normalized spacial score (nSPS) is 12.5. The van der Waals surface area contributed by atoms with E-state index in [0.717, 1.165) is 13.0 Å². The summed E-state index contributed by atoms with van der Waals surface area (Å²) in [5, 5.41) is 0. The smallest absolute Gasteiger partial charge is 0.0499 e. The van der Waals surface area contributed by atoms with Crippen LogP contribution in [0.4, 0.5) is 0 Å². The van der Waals surface area contributed by atoms with E-state index < -0.39 is 0 Å². The van der Waals surface area contributed by atoms with E-state index >= 15 is 0 Å². The largest absolute Gasteiger partial charge is 0.384 e. The van der Waals surface area contributed by atoms with Crippen LogP contribution >= 0.6 is 0 Å². The van der Waals surface area contributed by atoms with Gasteiger partial charge in [-0.3, -0.25) is 0 Å². The molecule has 0 saturated heterocycles. The van der Waals surface area contributed by atoms with Gasteiger partial charge in [0.1, 0.15) is 0 Å². The SMILES string of the molecule is COCCC(C)=C(C)c1ccccc1C. The van der Waals surface area contributed by atoms with E-state index in [1.54, 1.807) is 7.11 Å². The van der Waals surface area contributed by atoms with Gasteiger partial charge in [-0.1, -0.05) is 29.8 Å². The fraction of sp³-hybridized carbons (Fsp3) is 0.429. The van der Waals surface area contributed by atoms with Crippen molar-refractivity contribution >= 4 is 5.57 Å². The number of allylic oxidation sites excluding steroid dienone is 1. The van der Waals surface area contributed by atoms with E-state index in [-0.39, 0.29) is 0 Å². The molecule has 0 N–H and O–H groups in total. The summed E-state index contributed by atoms with van der Waals surface area (Å²) in [7, 11) is 1.75. The topological polar surface area (TPSA) is 9.23 Å². The Kier molecular flexibility index (Phi) is 4.57. The maximum atomic E-state index is 5.09. The maximum Gasteiger partial charge on any atom is 0.0499 e. The third-order valence-corrected chi connectivity index (χ3v) is 2.87. The second-order valence-electron chi connectivity index (χ2n) is 3.96. The lowest BCUT2D eigenvalue weighted by Gasteiger charge is -2.10. The zero-order chi connectivity index (χ0) is 11.3. The maximum absolute atomic E-state index is 5.09. The molecule has 1 heteroatoms. The molecule has 15 heavy (non-hydrogen) atoms. The van der Waals surface area contributed by atoms with Gasteiger partial charge in [-0.15, -0.1) is 0 Å². The molecule has 1 rings (SSSR count). The lowest BCUT2D eigenvalue weighted by atomic mass is 9.97. The highest BCUT2D eigenvalue weighted by Gasteiger charge is 2.02. The van der Waals surface area contributed by atoms with Gasteiger partial charge >= 0.3 is 0 Å². The quantitative estimate of drug-likeness (QED) is 0.724. The summed E-state index contributed by atoms with van der Waals surface area (Å²) >= 11 is 0. The Morgan fingerprint density at radius 2 is 1.87 bits per heavy atom. The number of ether oxygens (including phenoxy) is 1. The average molecular weight is 204 g/mol. The monoisotopic (exact) mass is 204 g/mol. The molecule has 0 aliphatic heterocycles. The molecule has 0 aliphatic rings. The average Bonchev–Trinajstić information content (AvgIpc) is 2.25. The minimum absolute atomic E-state index is 0.801. The number of hydrogen-bond acceptors (Lipinski definition) is 1. The molecule has 0 bridgehead atoms. The van der Waals surface area contributed by atoms with Crippen LogP contribution < -0.4 is 0 Å². The van der Waals surface area contributed by atoms with Crippen molar-refractivity contribution < 1.29 is 4.74 Å². The molecule has 0 aromatic heterocycles. The number of hydrogen-bond donors (Lipinski definition) is 0. The zero-order valence-electron chi connectivity index (χ0n) is 10.1. The number of benzene rings is 1. The van der Waals surface area contributed by atoms with Crippen LogP contribution in [0.2, 0.25) is 0 Å². The molecule has 0 aliphatic carbocycles. The second kappa shape index (κ2) is 5.72. The van der Waals surface area contributed by atoms with Crippen LogP contribution in [0, 0.1) is 6.92 Å². The predicted molar refractivity (Wildman–Crippen MR) is 65.9 cm³/mol. The highest BCUT2D eigenvalue weighted by molar-refractivity contribution is 5.68. The van der Waals surface area contributed by atoms with Crippen molar-refractivity contribution in [3.63, 3.8) is 0 Å². The first-order valence-electron chi connectivity index (χ1n) is 5.38. The molecule has 0 amide bonds. The van der Waals surface area contributed by atoms with Crippen molar-refractivity contribution in [3.05, 3.63) is 41.0 Å². The highest BCUT2D eigenvalue weighted by atomic mass is 16.5. The molecule has 1 aromatic carbocycles. The Morgan fingerprint density at radius 1 is 1.20 bits per heavy atom. The fourth-order valence-electron chi connectivity index (χ4n) is 1.67. The van der Waals surface area contributed by atoms with Crippen LogP contribution in [0.5, 0.6) is 0 Å². The van der Waals surface area contributed by atoms with E-state index in [1.807, 2.05) is 0 Å². The lowest BCUT2D eigenvalue weighted by Crippen LogP contribution is -1.93. The summed E-state index contributed by atoms with van der Waals surface area (Å²) in [6, 6.07) is 8.51. The third-order valence-electron chi connectivity index (χ3n) is 2.87. The first-order valence-corrected chi connectivity index (χ1v) is 5.38. The van der Waals surface area contributed by atoms with Gasteiger partial charge in [0.15, 0.2) is 0 Å². The number of rotatable bonds is 4. The second-order valence-corrected chi connectivity index (χ2v) is 3.96. The van der Waals surface area contributed by atoms with E-state index in [4.69, 9.17) is 4.74 Å². The van der Waals surface area contributed by atoms with Gasteiger partial charge in [0.05, 0.1) is 0 Å². The molecule has 0 heterocycles. The molecular formula is C14H20O. The zero-order valence-corrected chi connectivity index (χ0v) is 10.1. The molecule has 0 saturated carbocycles. The van der Waals surface area contributed by atoms with E-state index in [2.05, 4.69) is 45.0 Å². The molecule has 0 unspecified atom stereocenters. The summed E-state index contributed by atoms with van der Waals surface area (Å²) < 4.78 is 5.09. The van der Waals surface area contributed by atoms with Crippen molar-refractivity contribution in [1.29, 1.82) is 0 Å². The van der Waals surface area contributed by atoms with Crippen molar-refractivity contribution in [2.75, 3.05) is 13.7 Å². The van der Waals surface area contributed by atoms with Gasteiger partial charge in [-0.05, 0) is 43.9 Å². The van der Waals surface area contributed by atoms with Gasteiger partial charge in [0, 0.05) is 13.7 Å². The summed E-state index contributed by atoms with van der Waals surface area (Å²) in [5.74, 6) is 0. The lowest BCUT2D eigenvalue weighted by molar-refractivity contribution is 0.202. The molecule has 0 radical (unpaired) electrons. The Bertz CT molecular complexity index is 350. The molecule has 1 nitrogen and oxygen atoms in total. The summed E-state index contributed by atoms with van der Waals surface area (Å²) in [5.41, 5.74) is 5.48. The van der Waals surface area contributed by atoms with Gasteiger partial charge in [-0.25, -0.2) is 0 Å². The molecule has 1 aromatic rings. The Morgan fingerprint density at radius 3 is 2.47 bits per heavy atom. The van der Waals surface area contributed by atoms with E-state index in [1.165, 1.54) is 22.3 Å². The van der Waals surface area contributed by atoms with Crippen molar-refractivity contribution in [1.82, 2.24) is 0 Å². The predicted octanol–water partition coefficient (Wildman–Crippen LogP) is 3.82. The fourth-order valence-corrected chi connectivity index (χ4v) is 1.67.